The number of aliphatic hydroxyl groups is 1. The first-order valence-electron chi connectivity index (χ1n) is 6.48. The number of hydrogen-bond donors (Lipinski definition) is 3. The van der Waals surface area contributed by atoms with Crippen molar-refractivity contribution in [2.75, 3.05) is 13.2 Å². The number of hydrogen-bond acceptors (Lipinski definition) is 5. The first-order valence-corrected chi connectivity index (χ1v) is 6.48. The molecule has 1 aromatic rings. The molecule has 1 aromatic carbocycles. The molecule has 3 N–H and O–H groups in total. The van der Waals surface area contributed by atoms with Gasteiger partial charge in [-0.3, -0.25) is 4.79 Å². The molecular weight excluding hydrogens is 260 g/mol. The summed E-state index contributed by atoms with van der Waals surface area (Å²) in [5, 5.41) is 28.4. The second kappa shape index (κ2) is 7.55. The number of Topliss-reactive ketones (excluding diaryl/α,β-unsaturated/α-hetero) is 1. The van der Waals surface area contributed by atoms with E-state index in [1.54, 1.807) is 13.0 Å². The zero-order valence-corrected chi connectivity index (χ0v) is 11.7. The minimum absolute atomic E-state index is 0.0513. The largest absolute Gasteiger partial charge is 0.507 e. The van der Waals surface area contributed by atoms with Crippen molar-refractivity contribution in [2.45, 2.75) is 26.7 Å². The van der Waals surface area contributed by atoms with Crippen LogP contribution < -0.4 is 4.74 Å². The lowest BCUT2D eigenvalue weighted by Gasteiger charge is -2.10. The van der Waals surface area contributed by atoms with Gasteiger partial charge in [0.25, 0.3) is 0 Å². The van der Waals surface area contributed by atoms with Gasteiger partial charge in [-0.25, -0.2) is 0 Å². The summed E-state index contributed by atoms with van der Waals surface area (Å²) in [6, 6.07) is 2.59. The van der Waals surface area contributed by atoms with E-state index in [1.807, 2.05) is 6.92 Å². The van der Waals surface area contributed by atoms with Crippen LogP contribution in [0, 0.1) is 0 Å². The minimum Gasteiger partial charge on any atom is -0.507 e. The van der Waals surface area contributed by atoms with Crippen LogP contribution in [0.25, 0.3) is 0 Å². The Hall–Kier alpha value is -2.01. The molecule has 5 nitrogen and oxygen atoms in total. The van der Waals surface area contributed by atoms with E-state index in [-0.39, 0.29) is 48.2 Å². The lowest BCUT2D eigenvalue weighted by atomic mass is 10.0. The third-order valence-corrected chi connectivity index (χ3v) is 2.76. The maximum Gasteiger partial charge on any atom is 0.170 e. The van der Waals surface area contributed by atoms with Crippen LogP contribution >= 0.6 is 0 Å². The van der Waals surface area contributed by atoms with E-state index in [1.165, 1.54) is 12.1 Å². The van der Waals surface area contributed by atoms with Crippen molar-refractivity contribution in [2.24, 2.45) is 0 Å². The molecule has 0 spiro atoms. The lowest BCUT2D eigenvalue weighted by Crippen LogP contribution is -2.01. The molecule has 0 fully saturated rings. The van der Waals surface area contributed by atoms with Gasteiger partial charge in [-0.15, -0.1) is 0 Å². The van der Waals surface area contributed by atoms with Crippen LogP contribution in [-0.2, 0) is 0 Å². The van der Waals surface area contributed by atoms with Gasteiger partial charge in [0.05, 0.1) is 6.61 Å². The van der Waals surface area contributed by atoms with Crippen molar-refractivity contribution in [1.29, 1.82) is 0 Å². The maximum atomic E-state index is 11.7. The summed E-state index contributed by atoms with van der Waals surface area (Å²) in [6.45, 7) is 3.75. The van der Waals surface area contributed by atoms with Crippen LogP contribution in [0.2, 0.25) is 0 Å². The predicted molar refractivity (Wildman–Crippen MR) is 75.3 cm³/mol. The second-order valence-corrected chi connectivity index (χ2v) is 4.53. The second-order valence-electron chi connectivity index (χ2n) is 4.53. The SMILES string of the molecule is CCCC(=O)c1c(O)cc(OCC=C(C)CO)cc1O. The number of ether oxygens (including phenoxy) is 1. The van der Waals surface area contributed by atoms with E-state index in [0.717, 1.165) is 5.57 Å². The molecule has 0 aliphatic rings. The standard InChI is InChI=1S/C15H20O5/c1-3-4-12(17)15-13(18)7-11(8-14(15)19)20-6-5-10(2)9-16/h5,7-8,16,18-19H,3-4,6,9H2,1-2H3. The highest BCUT2D eigenvalue weighted by Gasteiger charge is 2.17. The van der Waals surface area contributed by atoms with E-state index in [9.17, 15) is 15.0 Å². The zero-order valence-electron chi connectivity index (χ0n) is 11.7. The summed E-state index contributed by atoms with van der Waals surface area (Å²) in [6.07, 6.45) is 2.59. The number of benzene rings is 1. The molecule has 0 aliphatic heterocycles. The van der Waals surface area contributed by atoms with Crippen LogP contribution in [-0.4, -0.2) is 34.3 Å². The zero-order chi connectivity index (χ0) is 15.1. The Balaban J connectivity index is 2.85. The van der Waals surface area contributed by atoms with Gasteiger partial charge in [-0.1, -0.05) is 6.92 Å². The van der Waals surface area contributed by atoms with Gasteiger partial charge in [-0.2, -0.15) is 0 Å². The average Bonchev–Trinajstić information content (AvgIpc) is 2.38. The van der Waals surface area contributed by atoms with Crippen molar-refractivity contribution < 1.29 is 24.9 Å². The van der Waals surface area contributed by atoms with Gasteiger partial charge in [0.15, 0.2) is 5.78 Å². The molecule has 5 heteroatoms. The van der Waals surface area contributed by atoms with Crippen LogP contribution in [0.1, 0.15) is 37.0 Å². The molecule has 0 aromatic heterocycles. The number of carbonyl (C=O) groups is 1. The quantitative estimate of drug-likeness (QED) is 0.527. The first kappa shape index (κ1) is 16.0. The van der Waals surface area contributed by atoms with E-state index in [4.69, 9.17) is 9.84 Å². The predicted octanol–water partition coefficient (Wildman–Crippen LogP) is 2.40. The Morgan fingerprint density at radius 3 is 2.40 bits per heavy atom. The van der Waals surface area contributed by atoms with E-state index in [2.05, 4.69) is 0 Å². The molecule has 0 unspecified atom stereocenters. The molecule has 0 bridgehead atoms. The van der Waals surface area contributed by atoms with Crippen molar-refractivity contribution >= 4 is 5.78 Å². The summed E-state index contributed by atoms with van der Waals surface area (Å²) in [4.78, 5) is 11.7. The number of phenolic OH excluding ortho intramolecular Hbond substituents is 2. The number of aliphatic hydroxyl groups excluding tert-OH is 1. The Kier molecular flexibility index (Phi) is 6.06. The summed E-state index contributed by atoms with van der Waals surface area (Å²) in [5.41, 5.74) is 0.689. The molecule has 0 amide bonds. The van der Waals surface area contributed by atoms with Gasteiger partial charge in [-0.05, 0) is 25.0 Å². The van der Waals surface area contributed by atoms with Crippen LogP contribution in [0.4, 0.5) is 0 Å². The molecule has 0 aliphatic carbocycles. The molecule has 0 saturated carbocycles. The summed E-state index contributed by atoms with van der Waals surface area (Å²) in [7, 11) is 0. The van der Waals surface area contributed by atoms with Crippen molar-refractivity contribution in [3.63, 3.8) is 0 Å². The van der Waals surface area contributed by atoms with Crippen molar-refractivity contribution in [1.82, 2.24) is 0 Å². The van der Waals surface area contributed by atoms with Gasteiger partial charge >= 0.3 is 0 Å². The third kappa shape index (κ3) is 4.28. The summed E-state index contributed by atoms with van der Waals surface area (Å²) < 4.78 is 5.32. The molecule has 0 saturated heterocycles. The van der Waals surface area contributed by atoms with E-state index in [0.29, 0.717) is 6.42 Å². The Bertz CT molecular complexity index is 482. The van der Waals surface area contributed by atoms with Crippen LogP contribution in [0.15, 0.2) is 23.8 Å². The first-order chi connectivity index (χ1) is 9.49. The van der Waals surface area contributed by atoms with Crippen LogP contribution in [0.3, 0.4) is 0 Å². The molecule has 0 atom stereocenters. The smallest absolute Gasteiger partial charge is 0.170 e. The molecule has 110 valence electrons. The fraction of sp³-hybridized carbons (Fsp3) is 0.400. The fourth-order valence-electron chi connectivity index (χ4n) is 1.65. The normalized spacial score (nSPS) is 11.4. The Morgan fingerprint density at radius 2 is 1.90 bits per heavy atom. The van der Waals surface area contributed by atoms with Crippen molar-refractivity contribution in [3.05, 3.63) is 29.3 Å². The topological polar surface area (TPSA) is 87.0 Å². The minimum atomic E-state index is -0.301. The fourth-order valence-corrected chi connectivity index (χ4v) is 1.65. The van der Waals surface area contributed by atoms with Gasteiger partial charge < -0.3 is 20.1 Å². The Labute approximate surface area is 118 Å². The molecule has 20 heavy (non-hydrogen) atoms. The lowest BCUT2D eigenvalue weighted by molar-refractivity contribution is 0.0976. The molecular formula is C15H20O5. The molecule has 1 rings (SSSR count). The summed E-state index contributed by atoms with van der Waals surface area (Å²) >= 11 is 0. The highest BCUT2D eigenvalue weighted by molar-refractivity contribution is 6.01. The average molecular weight is 280 g/mol. The van der Waals surface area contributed by atoms with E-state index < -0.39 is 0 Å². The van der Waals surface area contributed by atoms with Gasteiger partial charge in [0.2, 0.25) is 0 Å². The monoisotopic (exact) mass is 280 g/mol. The van der Waals surface area contributed by atoms with E-state index >= 15 is 0 Å². The maximum absolute atomic E-state index is 11.7. The molecule has 0 heterocycles. The summed E-state index contributed by atoms with van der Waals surface area (Å²) in [5.74, 6) is -0.622. The highest BCUT2D eigenvalue weighted by Crippen LogP contribution is 2.33. The number of aromatic hydroxyl groups is 2. The van der Waals surface area contributed by atoms with Crippen molar-refractivity contribution in [3.8, 4) is 17.2 Å². The number of ketones is 1. The van der Waals surface area contributed by atoms with Gasteiger partial charge in [0, 0.05) is 18.6 Å². The Morgan fingerprint density at radius 1 is 1.30 bits per heavy atom. The highest BCUT2D eigenvalue weighted by atomic mass is 16.5. The molecule has 0 radical (unpaired) electrons. The number of carbonyl (C=O) groups excluding carboxylic acids is 1. The van der Waals surface area contributed by atoms with Crippen LogP contribution in [0.5, 0.6) is 17.2 Å². The van der Waals surface area contributed by atoms with Gasteiger partial charge in [0.1, 0.15) is 29.4 Å². The third-order valence-electron chi connectivity index (χ3n) is 2.76. The number of phenols is 2. The number of rotatable bonds is 7.